The van der Waals surface area contributed by atoms with Crippen LogP contribution in [0.1, 0.15) is 29.2 Å². The summed E-state index contributed by atoms with van der Waals surface area (Å²) >= 11 is 6.87. The largest absolute Gasteiger partial charge is 0.497 e. The number of carbonyl (C=O) groups excluding carboxylic acids is 1. The second kappa shape index (κ2) is 40.0. The number of anilines is 2. The van der Waals surface area contributed by atoms with Crippen molar-refractivity contribution in [3.63, 3.8) is 0 Å². The topological polar surface area (TPSA) is 323 Å². The van der Waals surface area contributed by atoms with Crippen LogP contribution in [0, 0.1) is 10.7 Å². The number of carbonyl (C=O) groups is 1. The van der Waals surface area contributed by atoms with E-state index < -0.39 is 7.12 Å². The predicted molar refractivity (Wildman–Crippen MR) is 532 cm³/mol. The summed E-state index contributed by atoms with van der Waals surface area (Å²) in [4.78, 5) is 34.8. The smallest absolute Gasteiger partial charge is 0.488 e. The van der Waals surface area contributed by atoms with Gasteiger partial charge in [-0.05, 0) is 271 Å². The van der Waals surface area contributed by atoms with Crippen molar-refractivity contribution in [1.82, 2.24) is 79.2 Å². The number of imidazole rings is 3. The number of fused-ring (bicyclic) bond motifs is 8. The molecule has 8 heterocycles. The normalized spacial score (nSPS) is 10.9. The molecule has 13 aromatic carbocycles. The number of H-pyrrole nitrogens is 4. The highest BCUT2D eigenvalue weighted by molar-refractivity contribution is 14.1. The first-order chi connectivity index (χ1) is 60.3. The predicted octanol–water partition coefficient (Wildman–Crippen LogP) is 20.5. The van der Waals surface area contributed by atoms with Gasteiger partial charge >= 0.3 is 7.12 Å². The molecule has 0 fully saturated rings. The molecule has 0 saturated carbocycles. The van der Waals surface area contributed by atoms with Crippen LogP contribution in [0.2, 0.25) is 0 Å². The van der Waals surface area contributed by atoms with Gasteiger partial charge in [0, 0.05) is 65.8 Å². The Labute approximate surface area is 760 Å². The number of benzene rings is 13. The molecule has 21 aromatic rings. The third kappa shape index (κ3) is 20.4. The molecule has 0 amide bonds. The highest BCUT2D eigenvalue weighted by Gasteiger charge is 2.20. The number of halogens is 3. The Kier molecular flexibility index (Phi) is 28.0. The van der Waals surface area contributed by atoms with E-state index in [0.717, 1.165) is 166 Å². The van der Waals surface area contributed by atoms with Gasteiger partial charge in [-0.2, -0.15) is 25.5 Å². The van der Waals surface area contributed by atoms with Gasteiger partial charge < -0.3 is 50.7 Å². The summed E-state index contributed by atoms with van der Waals surface area (Å²) < 4.78 is 26.4. The standard InChI is InChI=1S/C22H18N4O.C21H16N4O.C16H13IN2.C15H11IN4.C9H7IN2O.C7H9BO3.C6H8N2.CH4/c1-26-20-12-9-15(14-7-10-16(27-2)11-8-14)13-17(20)21(25-26)22-23-18-5-3-4-6-19(18)24-22;1-26-15-9-6-13(7-10-15)14-8-11-17-16(12-14)20(25-24-17)21-22-18-4-2-3-5-19(18)23-21;1-19-16-10-8-13(17)11-14(16)15(18-19)9-7-12-5-3-2-4-6-12;1-20-13-7-6-9(16)8-10(13)14(19-20)15-17-11-4-2-3-5-12(11)18-15;1-12-9-3-2-6(10)4-7(9)8(5-13)11-12;1-11-7-4-2-6(3-5-7)8(9)10;7-5-3-1-2-4-6(5)8;/h3-13H,1-2H3,(H,23,24);2-12H,1H3,(H,22,23)(H,24,25);2-11H,1H3;2-8H,1H3,(H,17,18);2-5H,1H3;2-5,9-10H,1H3;1-4H,7-8H2;1H4/b;;9-7+;;;;;. The zero-order valence-electron chi connectivity index (χ0n) is 68.2. The van der Waals surface area contributed by atoms with E-state index in [1.165, 1.54) is 18.1 Å². The Morgan fingerprint density at radius 2 is 0.728 bits per heavy atom. The number of methoxy groups -OCH3 is 3. The van der Waals surface area contributed by atoms with Crippen LogP contribution in [0.25, 0.3) is 157 Å². The quantitative estimate of drug-likeness (QED) is 0.0244. The van der Waals surface area contributed by atoms with Crippen LogP contribution in [0.15, 0.2) is 291 Å². The average Bonchev–Trinajstić information content (AvgIpc) is 1.63. The van der Waals surface area contributed by atoms with E-state index in [0.29, 0.717) is 28.3 Å². The number of nitrogens with one attached hydrogen (secondary N) is 4. The number of hydrogen-bond donors (Lipinski definition) is 8. The molecular weight excluding hydrogens is 1900 g/mol. The summed E-state index contributed by atoms with van der Waals surface area (Å²) in [6.07, 6.45) is 4.97. The van der Waals surface area contributed by atoms with Crippen LogP contribution in [0.4, 0.5) is 11.4 Å². The number of ether oxygens (including phenoxy) is 3. The minimum atomic E-state index is -1.40. The van der Waals surface area contributed by atoms with E-state index in [1.54, 1.807) is 62.4 Å². The molecule has 125 heavy (non-hydrogen) atoms. The van der Waals surface area contributed by atoms with Crippen molar-refractivity contribution in [1.29, 1.82) is 0 Å². The summed E-state index contributed by atoms with van der Waals surface area (Å²) in [5.41, 5.74) is 33.6. The Morgan fingerprint density at radius 1 is 0.368 bits per heavy atom. The maximum Gasteiger partial charge on any atom is 0.488 e. The number of para-hydroxylation sites is 8. The van der Waals surface area contributed by atoms with Crippen molar-refractivity contribution in [3.8, 4) is 74.1 Å². The first kappa shape index (κ1) is 87.5. The molecule has 10 N–H and O–H groups in total. The van der Waals surface area contributed by atoms with Crippen LogP contribution >= 0.6 is 67.8 Å². The number of aromatic nitrogens is 16. The van der Waals surface area contributed by atoms with Gasteiger partial charge in [0.1, 0.15) is 40.0 Å². The molecule has 0 aliphatic heterocycles. The first-order valence-corrected chi connectivity index (χ1v) is 42.2. The molecule has 21 rings (SSSR count). The Hall–Kier alpha value is -13.8. The molecule has 24 nitrogen and oxygen atoms in total. The minimum Gasteiger partial charge on any atom is -0.497 e. The van der Waals surface area contributed by atoms with Gasteiger partial charge in [0.15, 0.2) is 23.8 Å². The molecule has 0 atom stereocenters. The molecule has 28 heteroatoms. The molecule has 0 radical (unpaired) electrons. The summed E-state index contributed by atoms with van der Waals surface area (Å²) in [5.74, 6) is 4.77. The van der Waals surface area contributed by atoms with Crippen molar-refractivity contribution in [2.75, 3.05) is 32.8 Å². The lowest BCUT2D eigenvalue weighted by molar-refractivity contribution is 0.111. The van der Waals surface area contributed by atoms with E-state index in [1.807, 2.05) is 194 Å². The lowest BCUT2D eigenvalue weighted by Gasteiger charge is -2.05. The molecule has 0 aliphatic carbocycles. The molecule has 624 valence electrons. The van der Waals surface area contributed by atoms with Crippen molar-refractivity contribution < 1.29 is 29.1 Å². The van der Waals surface area contributed by atoms with Gasteiger partial charge in [-0.1, -0.05) is 141 Å². The summed E-state index contributed by atoms with van der Waals surface area (Å²) in [7, 11) is 11.2. The van der Waals surface area contributed by atoms with E-state index in [4.69, 9.17) is 45.8 Å². The van der Waals surface area contributed by atoms with Gasteiger partial charge in [-0.15, -0.1) is 0 Å². The van der Waals surface area contributed by atoms with E-state index in [-0.39, 0.29) is 7.43 Å². The van der Waals surface area contributed by atoms with Gasteiger partial charge in [0.05, 0.1) is 99.1 Å². The summed E-state index contributed by atoms with van der Waals surface area (Å²) in [5, 5.41) is 48.3. The van der Waals surface area contributed by atoms with Gasteiger partial charge in [0.2, 0.25) is 0 Å². The van der Waals surface area contributed by atoms with Crippen molar-refractivity contribution in [3.05, 3.63) is 319 Å². The van der Waals surface area contributed by atoms with Crippen LogP contribution in [-0.2, 0) is 28.2 Å². The average molecular weight is 1990 g/mol. The number of nitrogens with zero attached hydrogens (tertiary/aromatic N) is 12. The second-order valence-electron chi connectivity index (χ2n) is 28.4. The van der Waals surface area contributed by atoms with Crippen molar-refractivity contribution in [2.24, 2.45) is 28.2 Å². The van der Waals surface area contributed by atoms with E-state index in [9.17, 15) is 4.79 Å². The Morgan fingerprint density at radius 3 is 1.17 bits per heavy atom. The molecule has 0 spiro atoms. The SMILES string of the molecule is C.COc1ccc(-c2ccc3[nH]nc(-c4nc5ccccc5[nH]4)c3c2)cc1.COc1ccc(-c2ccc3c(c2)c(-c2nc4ccccc4[nH]2)nn3C)cc1.COc1ccc(B(O)O)cc1.Cn1nc(-c2nc3ccccc3[nH]2)c2cc(I)ccc21.Cn1nc(/C=C/c2ccccc2)c2cc(I)ccc21.Cn1nc(C=O)c2cc(I)ccc21.Nc1ccccc1N. The fourth-order valence-corrected chi connectivity index (χ4v) is 15.4. The molecule has 0 unspecified atom stereocenters. The number of nitrogens with two attached hydrogens (primary N) is 2. The number of hydrogen-bond acceptors (Lipinski definition) is 16. The third-order valence-corrected chi connectivity index (χ3v) is 22.4. The minimum absolute atomic E-state index is 0. The molecule has 8 aromatic heterocycles. The maximum absolute atomic E-state index is 10.7. The number of aryl methyl sites for hydroxylation is 4. The van der Waals surface area contributed by atoms with Gasteiger partial charge in [0.25, 0.3) is 0 Å². The summed E-state index contributed by atoms with van der Waals surface area (Å²) in [6.45, 7) is 0. The second-order valence-corrected chi connectivity index (χ2v) is 32.2. The fraction of sp³-hybridized carbons (Fsp3) is 0.0825. The third-order valence-electron chi connectivity index (χ3n) is 20.3. The lowest BCUT2D eigenvalue weighted by Crippen LogP contribution is -2.29. The Bertz CT molecular complexity index is 7220. The monoisotopic (exact) mass is 1990 g/mol. The van der Waals surface area contributed by atoms with Crippen molar-refractivity contribution in [2.45, 2.75) is 7.43 Å². The number of nitrogen functional groups attached to an aromatic ring is 2. The zero-order valence-corrected chi connectivity index (χ0v) is 74.7. The van der Waals surface area contributed by atoms with Crippen molar-refractivity contribution >= 4 is 198 Å². The molecular formula is C97H86BI3N18O6. The van der Waals surface area contributed by atoms with Crippen LogP contribution in [0.3, 0.4) is 0 Å². The molecule has 0 aliphatic rings. The maximum atomic E-state index is 10.7. The van der Waals surface area contributed by atoms with Crippen LogP contribution in [0.5, 0.6) is 17.2 Å². The lowest BCUT2D eigenvalue weighted by atomic mass is 9.80. The van der Waals surface area contributed by atoms with Crippen LogP contribution < -0.4 is 31.1 Å². The Balaban J connectivity index is 0.000000122. The van der Waals surface area contributed by atoms with E-state index in [2.05, 4.69) is 233 Å². The zero-order chi connectivity index (χ0) is 86.5. The highest BCUT2D eigenvalue weighted by Crippen LogP contribution is 2.36. The van der Waals surface area contributed by atoms with Crippen LogP contribution in [-0.4, -0.2) is 124 Å². The number of aldehydes is 1. The first-order valence-electron chi connectivity index (χ1n) is 39.0. The van der Waals surface area contributed by atoms with Gasteiger partial charge in [-0.25, -0.2) is 15.0 Å². The molecule has 0 saturated heterocycles. The molecule has 0 bridgehead atoms. The number of rotatable bonds is 12. The fourth-order valence-electron chi connectivity index (χ4n) is 13.9. The summed E-state index contributed by atoms with van der Waals surface area (Å²) in [6, 6.07) is 95.6. The number of aromatic amines is 4. The van der Waals surface area contributed by atoms with E-state index >= 15 is 0 Å². The van der Waals surface area contributed by atoms with Gasteiger partial charge in [-0.3, -0.25) is 28.6 Å². The highest BCUT2D eigenvalue weighted by atomic mass is 127.